The molecular weight excluding hydrogens is 755 g/mol. The molecule has 4 rings (SSSR count). The van der Waals surface area contributed by atoms with Crippen LogP contribution < -0.4 is 20.3 Å². The van der Waals surface area contributed by atoms with E-state index in [0.29, 0.717) is 17.1 Å². The van der Waals surface area contributed by atoms with Crippen LogP contribution in [-0.4, -0.2) is 78.1 Å². The van der Waals surface area contributed by atoms with Crippen molar-refractivity contribution < 1.29 is 52.3 Å². The molecule has 0 spiro atoms. The van der Waals surface area contributed by atoms with Gasteiger partial charge in [0.25, 0.3) is 0 Å². The number of carboxylic acid groups (broad SMARTS) is 1. The first-order valence-corrected chi connectivity index (χ1v) is 20.3. The van der Waals surface area contributed by atoms with Crippen LogP contribution in [-0.2, 0) is 34.8 Å². The number of imide groups is 1. The highest BCUT2D eigenvalue weighted by Gasteiger charge is 2.40. The number of aryl methyl sites for hydroxylation is 2. The molecule has 3 amide bonds. The van der Waals surface area contributed by atoms with Crippen LogP contribution in [0.3, 0.4) is 0 Å². The number of hydrogen-bond donors (Lipinski definition) is 3. The second kappa shape index (κ2) is 21.4. The molecule has 1 saturated heterocycles. The molecule has 1 aliphatic heterocycles. The van der Waals surface area contributed by atoms with E-state index in [-0.39, 0.29) is 59.4 Å². The third-order valence-electron chi connectivity index (χ3n) is 8.05. The second-order valence-corrected chi connectivity index (χ2v) is 15.8. The predicted molar refractivity (Wildman–Crippen MR) is 203 cm³/mol. The Kier molecular flexibility index (Phi) is 18.4. The number of hydrogen-bond acceptors (Lipinski definition) is 9. The van der Waals surface area contributed by atoms with E-state index < -0.39 is 37.2 Å². The molecule has 1 saturated carbocycles. The molecular formula is C36H49Cl2FN3O10P. The molecule has 2 atom stereocenters. The Morgan fingerprint density at radius 2 is 1.83 bits per heavy atom. The van der Waals surface area contributed by atoms with E-state index in [4.69, 9.17) is 53.1 Å². The molecule has 2 aromatic rings. The molecule has 0 aromatic heterocycles. The van der Waals surface area contributed by atoms with Crippen LogP contribution in [0.1, 0.15) is 70.9 Å². The Labute approximate surface area is 319 Å². The van der Waals surface area contributed by atoms with E-state index >= 15 is 0 Å². The van der Waals surface area contributed by atoms with Crippen molar-refractivity contribution in [2.24, 2.45) is 5.73 Å². The fraction of sp³-hybridized carbons (Fsp3) is 0.500. The number of para-hydroxylation sites is 1. The second-order valence-electron chi connectivity index (χ2n) is 12.6. The lowest BCUT2D eigenvalue weighted by atomic mass is 10.0. The molecule has 0 bridgehead atoms. The first kappa shape index (κ1) is 45.6. The van der Waals surface area contributed by atoms with Crippen LogP contribution in [0.4, 0.5) is 20.6 Å². The lowest BCUT2D eigenvalue weighted by molar-refractivity contribution is -0.138. The Bertz CT molecular complexity index is 1690. The topological polar surface area (TPSA) is 186 Å². The number of rotatable bonds is 13. The fourth-order valence-corrected chi connectivity index (χ4v) is 6.36. The number of cyclic esters (lactones) is 1. The normalized spacial score (nSPS) is 15.8. The molecule has 4 N–H and O–H groups in total. The number of amides is 3. The molecule has 1 heterocycles. The minimum Gasteiger partial charge on any atom is -0.489 e. The summed E-state index contributed by atoms with van der Waals surface area (Å²) in [6, 6.07) is 7.32. The average Bonchev–Trinajstić information content (AvgIpc) is 3.72. The van der Waals surface area contributed by atoms with Gasteiger partial charge in [0.15, 0.2) is 13.1 Å². The summed E-state index contributed by atoms with van der Waals surface area (Å²) in [5, 5.41) is 8.38. The maximum atomic E-state index is 14.3. The van der Waals surface area contributed by atoms with Crippen LogP contribution in [0, 0.1) is 12.7 Å². The summed E-state index contributed by atoms with van der Waals surface area (Å²) in [5.74, 6) is -2.64. The molecule has 2 aliphatic rings. The lowest BCUT2D eigenvalue weighted by Gasteiger charge is -2.25. The number of carbonyl (C=O) groups excluding carboxylic acids is 3. The Hall–Kier alpha value is -3.52. The summed E-state index contributed by atoms with van der Waals surface area (Å²) in [7, 11) is -3.10. The first-order valence-electron chi connectivity index (χ1n) is 17.1. The number of carboxylic acids is 1. The van der Waals surface area contributed by atoms with Crippen LogP contribution in [0.2, 0.25) is 5.02 Å². The highest BCUT2D eigenvalue weighted by molar-refractivity contribution is 7.57. The van der Waals surface area contributed by atoms with Gasteiger partial charge in [-0.15, -0.1) is 11.6 Å². The number of allylic oxidation sites excluding steroid dienone is 1. The third kappa shape index (κ3) is 13.7. The van der Waals surface area contributed by atoms with Gasteiger partial charge < -0.3 is 29.9 Å². The minimum absolute atomic E-state index is 0.00962. The predicted octanol–water partition coefficient (Wildman–Crippen LogP) is 7.39. The van der Waals surface area contributed by atoms with Crippen molar-refractivity contribution >= 4 is 65.8 Å². The van der Waals surface area contributed by atoms with Crippen molar-refractivity contribution in [3.63, 3.8) is 0 Å². The smallest absolute Gasteiger partial charge is 0.427 e. The van der Waals surface area contributed by atoms with E-state index in [9.17, 15) is 28.1 Å². The van der Waals surface area contributed by atoms with Crippen molar-refractivity contribution in [2.45, 2.75) is 85.3 Å². The zero-order valence-corrected chi connectivity index (χ0v) is 33.2. The van der Waals surface area contributed by atoms with Crippen molar-refractivity contribution in [1.29, 1.82) is 0 Å². The van der Waals surface area contributed by atoms with E-state index in [0.717, 1.165) is 55.0 Å². The number of halogens is 3. The Morgan fingerprint density at radius 1 is 1.19 bits per heavy atom. The lowest BCUT2D eigenvalue weighted by Crippen LogP contribution is -2.35. The SMILES string of the molecule is CC(C)=C1OC(=O)N(c2cc(OC3CCCC3)c(Cl)cc2F)C1=O.CCOCN(C(=O)CCl)c1c(C)cccc1CC.CP(=O)(O)CCC(N)C(=O)O. The zero-order valence-electron chi connectivity index (χ0n) is 30.8. The molecule has 0 radical (unpaired) electrons. The quantitative estimate of drug-likeness (QED) is 0.0794. The summed E-state index contributed by atoms with van der Waals surface area (Å²) >= 11 is 11.7. The standard InChI is InChI=1S/C17H17ClFNO4.C14H20ClNO2.C5H12NO4P/c1-9(2)15-16(21)20(17(22)24-15)13-8-14(11(18)7-12(13)19)23-10-5-3-4-6-10;1-4-12-8-6-7-11(3)14(12)16(10-18-5-2)13(17)9-15;1-11(9,10)3-2-4(6)5(7)8/h7-8,10H,3-6H2,1-2H3;6-8H,4-5,9-10H2,1-3H3;4H,2-3,6H2,1H3,(H,7,8)(H,9,10). The molecule has 294 valence electrons. The van der Waals surface area contributed by atoms with Gasteiger partial charge >= 0.3 is 18.0 Å². The van der Waals surface area contributed by atoms with Crippen LogP contribution in [0.15, 0.2) is 41.7 Å². The van der Waals surface area contributed by atoms with Gasteiger partial charge in [0.1, 0.15) is 30.2 Å². The van der Waals surface area contributed by atoms with Crippen LogP contribution in [0.25, 0.3) is 0 Å². The van der Waals surface area contributed by atoms with E-state index in [1.807, 2.05) is 32.0 Å². The highest BCUT2D eigenvalue weighted by atomic mass is 35.5. The molecule has 2 unspecified atom stereocenters. The monoisotopic (exact) mass is 803 g/mol. The van der Waals surface area contributed by atoms with Crippen molar-refractivity contribution in [3.05, 3.63) is 63.6 Å². The van der Waals surface area contributed by atoms with Gasteiger partial charge in [0, 0.05) is 25.5 Å². The van der Waals surface area contributed by atoms with Gasteiger partial charge in [0.2, 0.25) is 5.91 Å². The summed E-state index contributed by atoms with van der Waals surface area (Å²) in [6.45, 7) is 11.2. The third-order valence-corrected chi connectivity index (χ3v) is 9.66. The van der Waals surface area contributed by atoms with Crippen LogP contribution in [0.5, 0.6) is 5.75 Å². The summed E-state index contributed by atoms with van der Waals surface area (Å²) in [5.41, 5.74) is 8.53. The maximum Gasteiger partial charge on any atom is 0.427 e. The van der Waals surface area contributed by atoms with Gasteiger partial charge in [0.05, 0.1) is 22.5 Å². The number of ether oxygens (including phenoxy) is 3. The summed E-state index contributed by atoms with van der Waals surface area (Å²) in [6.07, 6.45) is 3.87. The fourth-order valence-electron chi connectivity index (χ4n) is 5.26. The maximum absolute atomic E-state index is 14.3. The average molecular weight is 805 g/mol. The number of alkyl halides is 1. The Balaban J connectivity index is 0.000000297. The number of benzene rings is 2. The van der Waals surface area contributed by atoms with Gasteiger partial charge in [-0.05, 0) is 89.0 Å². The number of nitrogens with zero attached hydrogens (tertiary/aromatic N) is 2. The summed E-state index contributed by atoms with van der Waals surface area (Å²) in [4.78, 5) is 57.5. The number of anilines is 2. The van der Waals surface area contributed by atoms with E-state index in [1.165, 1.54) is 12.7 Å². The van der Waals surface area contributed by atoms with Crippen LogP contribution >= 0.6 is 30.6 Å². The van der Waals surface area contributed by atoms with Crippen molar-refractivity contribution in [3.8, 4) is 5.75 Å². The number of aliphatic carboxylic acids is 1. The van der Waals surface area contributed by atoms with Crippen molar-refractivity contribution in [1.82, 2.24) is 0 Å². The molecule has 13 nitrogen and oxygen atoms in total. The largest absolute Gasteiger partial charge is 0.489 e. The van der Waals surface area contributed by atoms with Gasteiger partial charge in [-0.1, -0.05) is 36.7 Å². The zero-order chi connectivity index (χ0) is 40.0. The first-order chi connectivity index (χ1) is 24.9. The molecule has 2 aromatic carbocycles. The minimum atomic E-state index is -3.10. The van der Waals surface area contributed by atoms with E-state index in [1.54, 1.807) is 18.7 Å². The molecule has 53 heavy (non-hydrogen) atoms. The van der Waals surface area contributed by atoms with Gasteiger partial charge in [-0.3, -0.25) is 23.8 Å². The molecule has 1 aliphatic carbocycles. The Morgan fingerprint density at radius 3 is 2.34 bits per heavy atom. The molecule has 17 heteroatoms. The van der Waals surface area contributed by atoms with Gasteiger partial charge in [-0.2, -0.15) is 0 Å². The summed E-state index contributed by atoms with van der Waals surface area (Å²) < 4.78 is 41.1. The number of nitrogens with two attached hydrogens (primary N) is 1. The molecule has 2 fully saturated rings. The van der Waals surface area contributed by atoms with E-state index in [2.05, 4.69) is 6.92 Å². The van der Waals surface area contributed by atoms with Gasteiger partial charge in [-0.25, -0.2) is 14.1 Å². The highest BCUT2D eigenvalue weighted by Crippen LogP contribution is 2.38. The number of carbonyl (C=O) groups is 4. The van der Waals surface area contributed by atoms with Crippen molar-refractivity contribution in [2.75, 3.05) is 41.8 Å².